The van der Waals surface area contributed by atoms with Gasteiger partial charge < -0.3 is 14.8 Å². The first-order valence-electron chi connectivity index (χ1n) is 6.46. The van der Waals surface area contributed by atoms with E-state index in [4.69, 9.17) is 5.11 Å². The van der Waals surface area contributed by atoms with Crippen molar-refractivity contribution in [2.45, 2.75) is 33.2 Å². The molecule has 2 N–H and O–H groups in total. The third-order valence-corrected chi connectivity index (χ3v) is 3.42. The molecule has 1 heterocycles. The van der Waals surface area contributed by atoms with E-state index in [9.17, 15) is 9.90 Å². The fraction of sp³-hybridized carbons (Fsp3) is 0.400. The number of carboxylic acid groups (broad SMARTS) is 1. The summed E-state index contributed by atoms with van der Waals surface area (Å²) < 4.78 is 1.99. The highest BCUT2D eigenvalue weighted by Gasteiger charge is 2.18. The Morgan fingerprint density at radius 1 is 1.32 bits per heavy atom. The summed E-state index contributed by atoms with van der Waals surface area (Å²) in [6, 6.07) is 5.59. The largest absolute Gasteiger partial charge is 0.506 e. The fourth-order valence-electron chi connectivity index (χ4n) is 2.35. The van der Waals surface area contributed by atoms with E-state index in [2.05, 4.69) is 0 Å². The molecule has 0 saturated carbocycles. The van der Waals surface area contributed by atoms with Gasteiger partial charge in [-0.15, -0.1) is 0 Å². The molecule has 2 rings (SSSR count). The topological polar surface area (TPSA) is 62.5 Å². The quantitative estimate of drug-likeness (QED) is 0.888. The number of benzene rings is 1. The van der Waals surface area contributed by atoms with E-state index in [1.807, 2.05) is 30.7 Å². The van der Waals surface area contributed by atoms with Crippen molar-refractivity contribution in [3.8, 4) is 5.75 Å². The van der Waals surface area contributed by atoms with Gasteiger partial charge in [0.2, 0.25) is 0 Å². The molecule has 0 fully saturated rings. The molecule has 2 aromatic rings. The van der Waals surface area contributed by atoms with E-state index in [0.29, 0.717) is 6.42 Å². The highest BCUT2D eigenvalue weighted by atomic mass is 16.4. The molecule has 0 aliphatic rings. The van der Waals surface area contributed by atoms with Crippen LogP contribution in [0.2, 0.25) is 0 Å². The van der Waals surface area contributed by atoms with Gasteiger partial charge >= 0.3 is 5.97 Å². The van der Waals surface area contributed by atoms with E-state index < -0.39 is 11.9 Å². The minimum absolute atomic E-state index is 0.213. The summed E-state index contributed by atoms with van der Waals surface area (Å²) in [6.45, 7) is 5.77. The van der Waals surface area contributed by atoms with Crippen LogP contribution >= 0.6 is 0 Å². The van der Waals surface area contributed by atoms with Crippen LogP contribution in [0.25, 0.3) is 10.9 Å². The van der Waals surface area contributed by atoms with E-state index in [1.165, 1.54) is 0 Å². The second-order valence-corrected chi connectivity index (χ2v) is 5.27. The summed E-state index contributed by atoms with van der Waals surface area (Å²) in [4.78, 5) is 11.0. The third-order valence-electron chi connectivity index (χ3n) is 3.42. The molecule has 102 valence electrons. The maximum Gasteiger partial charge on any atom is 0.306 e. The Morgan fingerprint density at radius 3 is 2.58 bits per heavy atom. The van der Waals surface area contributed by atoms with Gasteiger partial charge in [-0.25, -0.2) is 0 Å². The van der Waals surface area contributed by atoms with Crippen molar-refractivity contribution in [1.29, 1.82) is 0 Å². The predicted molar refractivity (Wildman–Crippen MR) is 74.5 cm³/mol. The molecule has 0 saturated heterocycles. The summed E-state index contributed by atoms with van der Waals surface area (Å²) in [6.07, 6.45) is 2.42. The average molecular weight is 261 g/mol. The summed E-state index contributed by atoms with van der Waals surface area (Å²) >= 11 is 0. The summed E-state index contributed by atoms with van der Waals surface area (Å²) in [5.74, 6) is -1.00. The molecule has 1 unspecified atom stereocenters. The zero-order valence-corrected chi connectivity index (χ0v) is 11.4. The van der Waals surface area contributed by atoms with Crippen LogP contribution in [-0.2, 0) is 11.2 Å². The number of aliphatic carboxylic acids is 1. The van der Waals surface area contributed by atoms with Gasteiger partial charge in [0.25, 0.3) is 0 Å². The Labute approximate surface area is 112 Å². The molecule has 1 atom stereocenters. The highest BCUT2D eigenvalue weighted by Crippen LogP contribution is 2.32. The van der Waals surface area contributed by atoms with Crippen molar-refractivity contribution in [3.05, 3.63) is 30.0 Å². The van der Waals surface area contributed by atoms with Crippen LogP contribution in [0.15, 0.2) is 24.4 Å². The van der Waals surface area contributed by atoms with E-state index in [-0.39, 0.29) is 11.8 Å². The van der Waals surface area contributed by atoms with Gasteiger partial charge in [-0.2, -0.15) is 0 Å². The lowest BCUT2D eigenvalue weighted by atomic mass is 10.0. The van der Waals surface area contributed by atoms with Gasteiger partial charge in [-0.1, -0.05) is 19.1 Å². The number of nitrogens with zero attached hydrogens (tertiary/aromatic N) is 1. The second kappa shape index (κ2) is 4.96. The number of aromatic nitrogens is 1. The maximum atomic E-state index is 11.0. The van der Waals surface area contributed by atoms with Gasteiger partial charge in [0, 0.05) is 17.6 Å². The molecule has 1 aromatic carbocycles. The number of hydrogen-bond acceptors (Lipinski definition) is 2. The molecule has 4 nitrogen and oxygen atoms in total. The summed E-state index contributed by atoms with van der Waals surface area (Å²) in [5, 5.41) is 20.0. The minimum Gasteiger partial charge on any atom is -0.506 e. The van der Waals surface area contributed by atoms with Gasteiger partial charge in [0.05, 0.1) is 11.4 Å². The molecule has 0 aliphatic heterocycles. The van der Waals surface area contributed by atoms with Crippen molar-refractivity contribution in [2.75, 3.05) is 0 Å². The maximum absolute atomic E-state index is 11.0. The molecule has 0 bridgehead atoms. The number of phenols is 1. The van der Waals surface area contributed by atoms with Crippen LogP contribution in [0.5, 0.6) is 5.75 Å². The van der Waals surface area contributed by atoms with Crippen molar-refractivity contribution in [3.63, 3.8) is 0 Å². The SMILES string of the molecule is CC(Cc1cn(C(C)C)c2c(O)cccc12)C(=O)O. The number of fused-ring (bicyclic) bond motifs is 1. The smallest absolute Gasteiger partial charge is 0.306 e. The van der Waals surface area contributed by atoms with E-state index >= 15 is 0 Å². The van der Waals surface area contributed by atoms with Crippen molar-refractivity contribution in [2.24, 2.45) is 5.92 Å². The van der Waals surface area contributed by atoms with E-state index in [1.54, 1.807) is 19.1 Å². The summed E-state index contributed by atoms with van der Waals surface area (Å²) in [5.41, 5.74) is 1.75. The lowest BCUT2D eigenvalue weighted by molar-refractivity contribution is -0.141. The van der Waals surface area contributed by atoms with Crippen molar-refractivity contribution >= 4 is 16.9 Å². The standard InChI is InChI=1S/C15H19NO3/c1-9(2)16-8-11(7-10(3)15(18)19)12-5-4-6-13(17)14(12)16/h4-6,8-10,17H,7H2,1-3H3,(H,18,19). The van der Waals surface area contributed by atoms with Crippen molar-refractivity contribution in [1.82, 2.24) is 4.57 Å². The van der Waals surface area contributed by atoms with E-state index in [0.717, 1.165) is 16.5 Å². The normalized spacial score (nSPS) is 13.1. The zero-order chi connectivity index (χ0) is 14.2. The fourth-order valence-corrected chi connectivity index (χ4v) is 2.35. The number of phenolic OH excluding ortho intramolecular Hbond substituents is 1. The number of hydrogen-bond donors (Lipinski definition) is 2. The lowest BCUT2D eigenvalue weighted by Gasteiger charge is -2.09. The van der Waals surface area contributed by atoms with Crippen LogP contribution in [0.3, 0.4) is 0 Å². The first-order chi connectivity index (χ1) is 8.91. The first kappa shape index (κ1) is 13.5. The van der Waals surface area contributed by atoms with Gasteiger partial charge in [-0.3, -0.25) is 4.79 Å². The molecule has 0 aliphatic carbocycles. The molecule has 0 radical (unpaired) electrons. The Morgan fingerprint density at radius 2 is 2.00 bits per heavy atom. The first-order valence-corrected chi connectivity index (χ1v) is 6.46. The molecule has 0 amide bonds. The molecule has 0 spiro atoms. The number of aromatic hydroxyl groups is 1. The monoisotopic (exact) mass is 261 g/mol. The molecule has 19 heavy (non-hydrogen) atoms. The van der Waals surface area contributed by atoms with Gasteiger partial charge in [-0.05, 0) is 31.9 Å². The van der Waals surface area contributed by atoms with Crippen LogP contribution in [0.4, 0.5) is 0 Å². The number of carboxylic acids is 1. The number of carbonyl (C=O) groups is 1. The molecule has 1 aromatic heterocycles. The molecule has 4 heteroatoms. The number of rotatable bonds is 4. The Balaban J connectivity index is 2.57. The molecular weight excluding hydrogens is 242 g/mol. The Hall–Kier alpha value is -1.97. The van der Waals surface area contributed by atoms with Gasteiger partial charge in [0.1, 0.15) is 5.75 Å². The zero-order valence-electron chi connectivity index (χ0n) is 11.4. The number of para-hydroxylation sites is 1. The molecular formula is C15H19NO3. The predicted octanol–water partition coefficient (Wildman–Crippen LogP) is 3.19. The average Bonchev–Trinajstić information content (AvgIpc) is 2.70. The third kappa shape index (κ3) is 2.43. The van der Waals surface area contributed by atoms with Crippen LogP contribution in [0.1, 0.15) is 32.4 Å². The highest BCUT2D eigenvalue weighted by molar-refractivity contribution is 5.89. The van der Waals surface area contributed by atoms with Crippen molar-refractivity contribution < 1.29 is 15.0 Å². The van der Waals surface area contributed by atoms with Crippen LogP contribution in [0, 0.1) is 5.92 Å². The second-order valence-electron chi connectivity index (χ2n) is 5.27. The lowest BCUT2D eigenvalue weighted by Crippen LogP contribution is -2.12. The van der Waals surface area contributed by atoms with Crippen LogP contribution in [-0.4, -0.2) is 20.7 Å². The van der Waals surface area contributed by atoms with Gasteiger partial charge in [0.15, 0.2) is 0 Å². The minimum atomic E-state index is -0.800. The summed E-state index contributed by atoms with van der Waals surface area (Å²) in [7, 11) is 0. The Kier molecular flexibility index (Phi) is 3.51. The Bertz CT molecular complexity index is 613. The van der Waals surface area contributed by atoms with Crippen LogP contribution < -0.4 is 0 Å².